The summed E-state index contributed by atoms with van der Waals surface area (Å²) in [5.41, 5.74) is 6.36. The second-order valence-corrected chi connectivity index (χ2v) is 7.48. The first kappa shape index (κ1) is 16.9. The number of nitrogens with zero attached hydrogens (tertiary/aromatic N) is 2. The molecule has 2 aromatic heterocycles. The summed E-state index contributed by atoms with van der Waals surface area (Å²) in [6.07, 6.45) is 1.97. The summed E-state index contributed by atoms with van der Waals surface area (Å²) in [5, 5.41) is 4.75. The molecule has 0 atom stereocenters. The number of fused-ring (bicyclic) bond motifs is 3. The molecule has 0 aliphatic rings. The second kappa shape index (κ2) is 6.78. The highest BCUT2D eigenvalue weighted by molar-refractivity contribution is 6.09. The number of hydrogen-bond acceptors (Lipinski definition) is 2. The van der Waals surface area contributed by atoms with Gasteiger partial charge < -0.3 is 0 Å². The van der Waals surface area contributed by atoms with E-state index in [4.69, 9.17) is 9.97 Å². The quantitative estimate of drug-likeness (QED) is 0.315. The molecule has 30 heavy (non-hydrogen) atoms. The minimum atomic E-state index is 0.940. The molecule has 0 saturated heterocycles. The lowest BCUT2D eigenvalue weighted by Gasteiger charge is -2.15. The predicted octanol–water partition coefficient (Wildman–Crippen LogP) is 7.27. The van der Waals surface area contributed by atoms with Crippen LogP contribution in [0, 0.1) is 0 Å². The summed E-state index contributed by atoms with van der Waals surface area (Å²) < 4.78 is 0. The Morgan fingerprint density at radius 2 is 1.17 bits per heavy atom. The minimum Gasteiger partial charge on any atom is -0.256 e. The van der Waals surface area contributed by atoms with Crippen LogP contribution >= 0.6 is 0 Å². The highest BCUT2D eigenvalue weighted by Gasteiger charge is 2.16. The zero-order valence-electron chi connectivity index (χ0n) is 16.3. The van der Waals surface area contributed by atoms with Crippen LogP contribution in [0.1, 0.15) is 0 Å². The normalized spacial score (nSPS) is 11.3. The Morgan fingerprint density at radius 3 is 2.07 bits per heavy atom. The molecule has 2 heteroatoms. The van der Waals surface area contributed by atoms with E-state index >= 15 is 0 Å². The van der Waals surface area contributed by atoms with Crippen LogP contribution in [-0.4, -0.2) is 9.97 Å². The molecular weight excluding hydrogens is 364 g/mol. The van der Waals surface area contributed by atoms with E-state index in [0.29, 0.717) is 0 Å². The van der Waals surface area contributed by atoms with E-state index in [1.165, 1.54) is 21.9 Å². The molecule has 0 bridgehead atoms. The lowest BCUT2D eigenvalue weighted by Crippen LogP contribution is -1.93. The molecule has 0 radical (unpaired) electrons. The van der Waals surface area contributed by atoms with E-state index in [9.17, 15) is 0 Å². The van der Waals surface area contributed by atoms with Crippen molar-refractivity contribution in [3.63, 3.8) is 0 Å². The largest absolute Gasteiger partial charge is 0.256 e. The number of pyridine rings is 2. The maximum Gasteiger partial charge on any atom is 0.0731 e. The number of hydrogen-bond donors (Lipinski definition) is 0. The second-order valence-electron chi connectivity index (χ2n) is 7.48. The van der Waals surface area contributed by atoms with Gasteiger partial charge in [-0.2, -0.15) is 0 Å². The minimum absolute atomic E-state index is 0.940. The summed E-state index contributed by atoms with van der Waals surface area (Å²) in [6, 6.07) is 35.8. The van der Waals surface area contributed by atoms with Crippen molar-refractivity contribution >= 4 is 32.6 Å². The molecule has 4 aromatic carbocycles. The number of aromatic nitrogens is 2. The molecule has 140 valence electrons. The molecule has 0 aliphatic carbocycles. The van der Waals surface area contributed by atoms with Gasteiger partial charge in [0.25, 0.3) is 0 Å². The lowest BCUT2D eigenvalue weighted by molar-refractivity contribution is 1.35. The van der Waals surface area contributed by atoms with E-state index in [-0.39, 0.29) is 0 Å². The summed E-state index contributed by atoms with van der Waals surface area (Å²) in [5.74, 6) is 0. The molecule has 0 fully saturated rings. The number of para-hydroxylation sites is 2. The van der Waals surface area contributed by atoms with Crippen molar-refractivity contribution in [2.75, 3.05) is 0 Å². The van der Waals surface area contributed by atoms with Crippen LogP contribution in [0.15, 0.2) is 109 Å². The van der Waals surface area contributed by atoms with Gasteiger partial charge >= 0.3 is 0 Å². The van der Waals surface area contributed by atoms with E-state index in [0.717, 1.165) is 33.1 Å². The molecule has 6 rings (SSSR count). The third-order valence-corrected chi connectivity index (χ3v) is 5.71. The summed E-state index contributed by atoms with van der Waals surface area (Å²) in [6.45, 7) is 0. The van der Waals surface area contributed by atoms with E-state index in [1.807, 2.05) is 24.4 Å². The van der Waals surface area contributed by atoms with Gasteiger partial charge in [0.1, 0.15) is 0 Å². The smallest absolute Gasteiger partial charge is 0.0731 e. The number of rotatable bonds is 2. The van der Waals surface area contributed by atoms with Crippen LogP contribution in [0.4, 0.5) is 0 Å². The fourth-order valence-corrected chi connectivity index (χ4v) is 4.29. The molecule has 0 spiro atoms. The van der Waals surface area contributed by atoms with Crippen LogP contribution in [0.2, 0.25) is 0 Å². The highest BCUT2D eigenvalue weighted by Crippen LogP contribution is 2.40. The van der Waals surface area contributed by atoms with Crippen molar-refractivity contribution in [2.24, 2.45) is 0 Å². The molecule has 2 heterocycles. The van der Waals surface area contributed by atoms with Gasteiger partial charge in [0.05, 0.1) is 16.7 Å². The highest BCUT2D eigenvalue weighted by atomic mass is 14.7. The summed E-state index contributed by atoms with van der Waals surface area (Å²) in [7, 11) is 0. The molecule has 6 aromatic rings. The fraction of sp³-hybridized carbons (Fsp3) is 0. The van der Waals surface area contributed by atoms with Crippen LogP contribution in [0.25, 0.3) is 55.0 Å². The predicted molar refractivity (Wildman–Crippen MR) is 125 cm³/mol. The van der Waals surface area contributed by atoms with Crippen molar-refractivity contribution in [1.82, 2.24) is 9.97 Å². The topological polar surface area (TPSA) is 25.8 Å². The van der Waals surface area contributed by atoms with Crippen molar-refractivity contribution in [3.8, 4) is 22.4 Å². The van der Waals surface area contributed by atoms with Gasteiger partial charge in [-0.25, -0.2) is 4.98 Å². The standard InChI is InChI=1S/C28H18N2/c1-3-11-21-19(8-1)10-7-13-22(21)28-23-12-4-6-15-26(23)29-18-24(28)27-17-16-20-9-2-5-14-25(20)30-27/h1-18H. The third kappa shape index (κ3) is 2.66. The van der Waals surface area contributed by atoms with Gasteiger partial charge in [-0.05, 0) is 34.5 Å². The Hall–Kier alpha value is -4.04. The lowest BCUT2D eigenvalue weighted by atomic mass is 9.91. The van der Waals surface area contributed by atoms with Gasteiger partial charge in [-0.3, -0.25) is 4.98 Å². The van der Waals surface area contributed by atoms with Crippen molar-refractivity contribution in [3.05, 3.63) is 109 Å². The van der Waals surface area contributed by atoms with Gasteiger partial charge in [-0.1, -0.05) is 84.9 Å². The van der Waals surface area contributed by atoms with E-state index < -0.39 is 0 Å². The fourth-order valence-electron chi connectivity index (χ4n) is 4.29. The van der Waals surface area contributed by atoms with Crippen LogP contribution in [0.3, 0.4) is 0 Å². The van der Waals surface area contributed by atoms with E-state index in [2.05, 4.69) is 84.9 Å². The SMILES string of the molecule is c1ccc2nc(-c3cnc4ccccc4c3-c3cccc4ccccc34)ccc2c1. The first-order valence-electron chi connectivity index (χ1n) is 10.1. The van der Waals surface area contributed by atoms with Gasteiger partial charge in [0.2, 0.25) is 0 Å². The third-order valence-electron chi connectivity index (χ3n) is 5.71. The van der Waals surface area contributed by atoms with E-state index in [1.54, 1.807) is 0 Å². The first-order valence-corrected chi connectivity index (χ1v) is 10.1. The van der Waals surface area contributed by atoms with Crippen molar-refractivity contribution in [2.45, 2.75) is 0 Å². The summed E-state index contributed by atoms with van der Waals surface area (Å²) in [4.78, 5) is 9.74. The molecule has 2 nitrogen and oxygen atoms in total. The Balaban J connectivity index is 1.73. The van der Waals surface area contributed by atoms with Crippen LogP contribution in [0.5, 0.6) is 0 Å². The Kier molecular flexibility index (Phi) is 3.82. The zero-order valence-corrected chi connectivity index (χ0v) is 16.3. The summed E-state index contributed by atoms with van der Waals surface area (Å²) >= 11 is 0. The molecule has 0 aliphatic heterocycles. The molecular formula is C28H18N2. The maximum absolute atomic E-state index is 4.98. The van der Waals surface area contributed by atoms with Crippen molar-refractivity contribution in [1.29, 1.82) is 0 Å². The Labute approximate surface area is 174 Å². The van der Waals surface area contributed by atoms with Crippen molar-refractivity contribution < 1.29 is 0 Å². The maximum atomic E-state index is 4.98. The first-order chi connectivity index (χ1) is 14.9. The molecule has 0 N–H and O–H groups in total. The average molecular weight is 382 g/mol. The van der Waals surface area contributed by atoms with Gasteiger partial charge in [-0.15, -0.1) is 0 Å². The van der Waals surface area contributed by atoms with Gasteiger partial charge in [0.15, 0.2) is 0 Å². The Morgan fingerprint density at radius 1 is 0.467 bits per heavy atom. The molecule has 0 saturated carbocycles. The number of benzene rings is 4. The molecule has 0 unspecified atom stereocenters. The molecule has 0 amide bonds. The van der Waals surface area contributed by atoms with Crippen LogP contribution < -0.4 is 0 Å². The monoisotopic (exact) mass is 382 g/mol. The zero-order chi connectivity index (χ0) is 19.9. The average Bonchev–Trinajstić information content (AvgIpc) is 2.83. The van der Waals surface area contributed by atoms with Crippen LogP contribution in [-0.2, 0) is 0 Å². The Bertz CT molecular complexity index is 1540. The van der Waals surface area contributed by atoms with Gasteiger partial charge in [0, 0.05) is 28.1 Å².